The van der Waals surface area contributed by atoms with Gasteiger partial charge in [-0.2, -0.15) is 13.2 Å². The van der Waals surface area contributed by atoms with Crippen molar-refractivity contribution in [2.45, 2.75) is 26.1 Å². The molecule has 2 amide bonds. The predicted molar refractivity (Wildman–Crippen MR) is 101 cm³/mol. The number of nitrogens with one attached hydrogen (secondary N) is 2. The Morgan fingerprint density at radius 2 is 1.59 bits per heavy atom. The average Bonchev–Trinajstić information content (AvgIpc) is 2.62. The zero-order valence-corrected chi connectivity index (χ0v) is 16.0. The van der Waals surface area contributed by atoms with E-state index in [1.54, 1.807) is 0 Å². The Morgan fingerprint density at radius 3 is 2.14 bits per heavy atom. The van der Waals surface area contributed by atoms with Gasteiger partial charge < -0.3 is 15.4 Å². The molecule has 0 saturated heterocycles. The summed E-state index contributed by atoms with van der Waals surface area (Å²) in [6, 6.07) is 8.65. The normalized spacial score (nSPS) is 12.1. The van der Waals surface area contributed by atoms with Crippen molar-refractivity contribution in [1.82, 2.24) is 0 Å². The summed E-state index contributed by atoms with van der Waals surface area (Å²) in [5, 5.41) is 4.28. The Labute approximate surface area is 169 Å². The van der Waals surface area contributed by atoms with E-state index in [1.165, 1.54) is 44.2 Å². The lowest BCUT2D eigenvalue weighted by atomic mass is 10.2. The minimum absolute atomic E-state index is 0.129. The van der Waals surface area contributed by atoms with Gasteiger partial charge in [-0.05, 0) is 49.4 Å². The summed E-state index contributed by atoms with van der Waals surface area (Å²) in [5.41, 5.74) is -0.636. The first-order valence-electron chi connectivity index (χ1n) is 8.23. The van der Waals surface area contributed by atoms with Crippen LogP contribution in [0, 0.1) is 0 Å². The van der Waals surface area contributed by atoms with Gasteiger partial charge in [-0.1, -0.05) is 11.6 Å². The maximum Gasteiger partial charge on any atom is 0.417 e. The van der Waals surface area contributed by atoms with Gasteiger partial charge in [0.25, 0.3) is 5.91 Å². The summed E-state index contributed by atoms with van der Waals surface area (Å²) in [5.74, 6) is -1.90. The summed E-state index contributed by atoms with van der Waals surface area (Å²) >= 11 is 5.53. The number of amides is 2. The molecule has 2 aromatic rings. The molecule has 2 rings (SSSR count). The van der Waals surface area contributed by atoms with Crippen LogP contribution in [0.25, 0.3) is 0 Å². The fourth-order valence-electron chi connectivity index (χ4n) is 2.24. The number of hydrogen-bond donors (Lipinski definition) is 2. The van der Waals surface area contributed by atoms with Crippen LogP contribution in [-0.4, -0.2) is 23.9 Å². The molecule has 1 unspecified atom stereocenters. The topological polar surface area (TPSA) is 84.5 Å². The first-order valence-corrected chi connectivity index (χ1v) is 8.61. The van der Waals surface area contributed by atoms with Gasteiger partial charge in [0.2, 0.25) is 5.91 Å². The number of halogens is 4. The van der Waals surface area contributed by atoms with Crippen LogP contribution < -0.4 is 10.6 Å². The maximum absolute atomic E-state index is 12.9. The summed E-state index contributed by atoms with van der Waals surface area (Å²) in [4.78, 5) is 35.3. The van der Waals surface area contributed by atoms with Crippen LogP contribution in [0.3, 0.4) is 0 Å². The fraction of sp³-hybridized carbons (Fsp3) is 0.211. The van der Waals surface area contributed by atoms with E-state index in [1.807, 2.05) is 0 Å². The van der Waals surface area contributed by atoms with Crippen LogP contribution in [-0.2, 0) is 20.5 Å². The first kappa shape index (κ1) is 22.2. The molecule has 29 heavy (non-hydrogen) atoms. The molecule has 2 N–H and O–H groups in total. The number of ether oxygens (including phenoxy) is 1. The first-order chi connectivity index (χ1) is 13.5. The Hall–Kier alpha value is -3.07. The van der Waals surface area contributed by atoms with E-state index >= 15 is 0 Å². The molecule has 0 saturated carbocycles. The molecule has 0 bridgehead atoms. The molecule has 0 heterocycles. The largest absolute Gasteiger partial charge is 0.449 e. The van der Waals surface area contributed by atoms with E-state index in [2.05, 4.69) is 10.6 Å². The highest BCUT2D eigenvalue weighted by Gasteiger charge is 2.33. The summed E-state index contributed by atoms with van der Waals surface area (Å²) in [6.07, 6.45) is -5.96. The van der Waals surface area contributed by atoms with Crippen molar-refractivity contribution in [2.24, 2.45) is 0 Å². The number of rotatable bonds is 5. The highest BCUT2D eigenvalue weighted by Crippen LogP contribution is 2.36. The second kappa shape index (κ2) is 8.95. The number of hydrogen-bond acceptors (Lipinski definition) is 4. The monoisotopic (exact) mass is 428 g/mol. The molecular formula is C19H16ClF3N2O4. The second-order valence-corrected chi connectivity index (χ2v) is 6.39. The van der Waals surface area contributed by atoms with Crippen LogP contribution in [0.4, 0.5) is 24.5 Å². The zero-order valence-electron chi connectivity index (χ0n) is 15.3. The molecule has 0 fully saturated rings. The smallest absolute Gasteiger partial charge is 0.417 e. The van der Waals surface area contributed by atoms with Gasteiger partial charge in [0, 0.05) is 18.3 Å². The lowest BCUT2D eigenvalue weighted by Crippen LogP contribution is -2.30. The van der Waals surface area contributed by atoms with Crippen LogP contribution in [0.5, 0.6) is 0 Å². The van der Waals surface area contributed by atoms with Gasteiger partial charge in [-0.15, -0.1) is 0 Å². The quantitative estimate of drug-likeness (QED) is 0.687. The SMILES string of the molecule is CC(=O)Nc1ccc(C(=O)OC(C)C(=O)Nc2ccc(Cl)c(C(F)(F)F)c2)cc1. The third-order valence-corrected chi connectivity index (χ3v) is 3.96. The number of carbonyl (C=O) groups excluding carboxylic acids is 3. The number of alkyl halides is 3. The van der Waals surface area contributed by atoms with Crippen LogP contribution in [0.2, 0.25) is 5.02 Å². The van der Waals surface area contributed by atoms with Crippen molar-refractivity contribution in [1.29, 1.82) is 0 Å². The second-order valence-electron chi connectivity index (χ2n) is 5.99. The van der Waals surface area contributed by atoms with Crippen molar-refractivity contribution in [3.05, 3.63) is 58.6 Å². The minimum atomic E-state index is -4.68. The Bertz CT molecular complexity index is 930. The standard InChI is InChI=1S/C19H16ClF3N2O4/c1-10(29-18(28)12-3-5-13(6-4-12)24-11(2)26)17(27)25-14-7-8-16(20)15(9-14)19(21,22)23/h3-10H,1-2H3,(H,24,26)(H,25,27). The van der Waals surface area contributed by atoms with Crippen molar-refractivity contribution in [3.8, 4) is 0 Å². The van der Waals surface area contributed by atoms with Crippen molar-refractivity contribution >= 4 is 40.8 Å². The van der Waals surface area contributed by atoms with Crippen molar-refractivity contribution < 1.29 is 32.3 Å². The molecule has 154 valence electrons. The molecule has 0 spiro atoms. The van der Waals surface area contributed by atoms with Crippen molar-refractivity contribution in [3.63, 3.8) is 0 Å². The van der Waals surface area contributed by atoms with Crippen LogP contribution in [0.15, 0.2) is 42.5 Å². The number of anilines is 2. The van der Waals surface area contributed by atoms with E-state index in [0.717, 1.165) is 6.07 Å². The lowest BCUT2D eigenvalue weighted by Gasteiger charge is -2.15. The van der Waals surface area contributed by atoms with E-state index < -0.39 is 34.7 Å². The molecule has 0 aromatic heterocycles. The molecule has 6 nitrogen and oxygen atoms in total. The summed E-state index contributed by atoms with van der Waals surface area (Å²) < 4.78 is 43.7. The summed E-state index contributed by atoms with van der Waals surface area (Å²) in [6.45, 7) is 2.61. The van der Waals surface area contributed by atoms with E-state index in [9.17, 15) is 27.6 Å². The van der Waals surface area contributed by atoms with Gasteiger partial charge in [-0.25, -0.2) is 4.79 Å². The molecule has 0 aliphatic heterocycles. The number of benzene rings is 2. The molecule has 2 aromatic carbocycles. The average molecular weight is 429 g/mol. The Morgan fingerprint density at radius 1 is 1.00 bits per heavy atom. The molecule has 0 aliphatic carbocycles. The maximum atomic E-state index is 12.9. The van der Waals surface area contributed by atoms with E-state index in [0.29, 0.717) is 11.8 Å². The molecule has 0 aliphatic rings. The van der Waals surface area contributed by atoms with E-state index in [-0.39, 0.29) is 17.2 Å². The molecular weight excluding hydrogens is 413 g/mol. The number of carbonyl (C=O) groups is 3. The van der Waals surface area contributed by atoms with Crippen molar-refractivity contribution in [2.75, 3.05) is 10.6 Å². The lowest BCUT2D eigenvalue weighted by molar-refractivity contribution is -0.137. The number of esters is 1. The van der Waals surface area contributed by atoms with Gasteiger partial charge in [0.15, 0.2) is 6.10 Å². The Kier molecular flexibility index (Phi) is 6.86. The molecule has 0 radical (unpaired) electrons. The van der Waals surface area contributed by atoms with Crippen LogP contribution >= 0.6 is 11.6 Å². The van der Waals surface area contributed by atoms with Gasteiger partial charge in [0.05, 0.1) is 16.1 Å². The van der Waals surface area contributed by atoms with Gasteiger partial charge in [-0.3, -0.25) is 9.59 Å². The zero-order chi connectivity index (χ0) is 21.8. The highest BCUT2D eigenvalue weighted by atomic mass is 35.5. The minimum Gasteiger partial charge on any atom is -0.449 e. The van der Waals surface area contributed by atoms with Gasteiger partial charge in [0.1, 0.15) is 0 Å². The predicted octanol–water partition coefficient (Wildman–Crippen LogP) is 4.50. The van der Waals surface area contributed by atoms with Crippen LogP contribution in [0.1, 0.15) is 29.8 Å². The van der Waals surface area contributed by atoms with E-state index in [4.69, 9.17) is 16.3 Å². The summed E-state index contributed by atoms with van der Waals surface area (Å²) in [7, 11) is 0. The fourth-order valence-corrected chi connectivity index (χ4v) is 2.46. The Balaban J connectivity index is 2.02. The third kappa shape index (κ3) is 6.21. The molecule has 10 heteroatoms. The molecule has 1 atom stereocenters. The third-order valence-electron chi connectivity index (χ3n) is 3.63. The van der Waals surface area contributed by atoms with Gasteiger partial charge >= 0.3 is 12.1 Å². The highest BCUT2D eigenvalue weighted by molar-refractivity contribution is 6.31.